The number of ether oxygens (including phenoxy) is 3. The van der Waals surface area contributed by atoms with Crippen molar-refractivity contribution in [3.05, 3.63) is 48.0 Å². The molecule has 2 aromatic carbocycles. The number of methoxy groups -OCH3 is 1. The molecule has 1 aliphatic heterocycles. The first-order valence-electron chi connectivity index (χ1n) is 10.1. The van der Waals surface area contributed by atoms with Crippen molar-refractivity contribution in [2.24, 2.45) is 5.73 Å². The number of carboxylic acids is 1. The quantitative estimate of drug-likeness (QED) is 0.641. The molecule has 1 saturated heterocycles. The molecule has 0 amide bonds. The molecule has 180 valence electrons. The van der Waals surface area contributed by atoms with Gasteiger partial charge in [0, 0.05) is 12.0 Å². The number of benzene rings is 2. The van der Waals surface area contributed by atoms with Crippen molar-refractivity contribution >= 4 is 28.3 Å². The monoisotopic (exact) mass is 469 g/mol. The highest BCUT2D eigenvalue weighted by molar-refractivity contribution is 5.97. The van der Waals surface area contributed by atoms with Crippen LogP contribution in [0.2, 0.25) is 0 Å². The van der Waals surface area contributed by atoms with Crippen LogP contribution in [0.5, 0.6) is 5.75 Å². The highest BCUT2D eigenvalue weighted by Gasteiger charge is 2.38. The average Bonchev–Trinajstić information content (AvgIpc) is 2.77. The van der Waals surface area contributed by atoms with Crippen molar-refractivity contribution in [1.29, 1.82) is 0 Å². The third kappa shape index (κ3) is 6.93. The maximum absolute atomic E-state index is 12.4. The summed E-state index contributed by atoms with van der Waals surface area (Å²) < 4.78 is 48.1. The van der Waals surface area contributed by atoms with Gasteiger partial charge in [0.1, 0.15) is 17.9 Å². The van der Waals surface area contributed by atoms with E-state index in [2.05, 4.69) is 6.58 Å². The Morgan fingerprint density at radius 1 is 1.30 bits per heavy atom. The molecule has 33 heavy (non-hydrogen) atoms. The molecule has 0 aliphatic carbocycles. The number of fused-ring (bicyclic) bond motifs is 1. The molecule has 0 saturated carbocycles. The molecule has 0 spiro atoms. The van der Waals surface area contributed by atoms with E-state index in [9.17, 15) is 18.0 Å². The van der Waals surface area contributed by atoms with E-state index in [0.717, 1.165) is 40.5 Å². The van der Waals surface area contributed by atoms with E-state index >= 15 is 0 Å². The van der Waals surface area contributed by atoms with Crippen LogP contribution in [0.15, 0.2) is 36.9 Å². The first-order valence-corrected chi connectivity index (χ1v) is 10.1. The average molecular weight is 469 g/mol. The minimum Gasteiger partial charge on any atom is -0.496 e. The summed E-state index contributed by atoms with van der Waals surface area (Å²) in [5.74, 6) is -2.50. The van der Waals surface area contributed by atoms with Gasteiger partial charge in [-0.1, -0.05) is 24.8 Å². The summed E-state index contributed by atoms with van der Waals surface area (Å²) in [4.78, 5) is 21.3. The number of halogens is 3. The van der Waals surface area contributed by atoms with Gasteiger partial charge in [0.15, 0.2) is 0 Å². The van der Waals surface area contributed by atoms with Gasteiger partial charge in [0.2, 0.25) is 0 Å². The van der Waals surface area contributed by atoms with Crippen LogP contribution < -0.4 is 10.5 Å². The topological polar surface area (TPSA) is 108 Å². The van der Waals surface area contributed by atoms with Gasteiger partial charge >= 0.3 is 18.1 Å². The van der Waals surface area contributed by atoms with Gasteiger partial charge in [0.25, 0.3) is 0 Å². The Labute approximate surface area is 188 Å². The minimum absolute atomic E-state index is 0.233. The normalized spacial score (nSPS) is 16.8. The maximum Gasteiger partial charge on any atom is 0.490 e. The molecule has 0 aromatic heterocycles. The summed E-state index contributed by atoms with van der Waals surface area (Å²) >= 11 is 0. The molecule has 2 aromatic rings. The third-order valence-corrected chi connectivity index (χ3v) is 5.01. The first kappa shape index (κ1) is 26.1. The number of esters is 1. The molecule has 7 nitrogen and oxygen atoms in total. The molecule has 0 unspecified atom stereocenters. The second-order valence-corrected chi connectivity index (χ2v) is 7.43. The van der Waals surface area contributed by atoms with E-state index < -0.39 is 24.2 Å². The number of rotatable bonds is 5. The van der Waals surface area contributed by atoms with Crippen LogP contribution in [0.3, 0.4) is 0 Å². The Morgan fingerprint density at radius 3 is 2.52 bits per heavy atom. The van der Waals surface area contributed by atoms with Crippen LogP contribution in [0.1, 0.15) is 24.0 Å². The molecule has 1 aliphatic rings. The number of carbonyl (C=O) groups is 2. The lowest BCUT2D eigenvalue weighted by molar-refractivity contribution is -0.192. The molecular formula is C23H26F3NO6. The first-order chi connectivity index (χ1) is 15.5. The van der Waals surface area contributed by atoms with E-state index in [1.54, 1.807) is 7.11 Å². The number of hydrogen-bond acceptors (Lipinski definition) is 6. The predicted octanol–water partition coefficient (Wildman–Crippen LogP) is 3.85. The van der Waals surface area contributed by atoms with Crippen molar-refractivity contribution < 1.29 is 42.1 Å². The van der Waals surface area contributed by atoms with Gasteiger partial charge in [-0.05, 0) is 54.0 Å². The van der Waals surface area contributed by atoms with Crippen molar-refractivity contribution in [3.8, 4) is 5.75 Å². The number of alkyl halides is 3. The van der Waals surface area contributed by atoms with Gasteiger partial charge in [-0.25, -0.2) is 9.59 Å². The lowest BCUT2D eigenvalue weighted by atomic mass is 9.95. The molecule has 3 rings (SSSR count). The van der Waals surface area contributed by atoms with Gasteiger partial charge in [0.05, 0.1) is 13.7 Å². The molecule has 1 fully saturated rings. The Balaban J connectivity index is 0.000000479. The van der Waals surface area contributed by atoms with Crippen LogP contribution >= 0.6 is 0 Å². The summed E-state index contributed by atoms with van der Waals surface area (Å²) in [6, 6.07) is 8.95. The van der Waals surface area contributed by atoms with Crippen LogP contribution in [0, 0.1) is 6.92 Å². The zero-order valence-electron chi connectivity index (χ0n) is 18.3. The van der Waals surface area contributed by atoms with Crippen LogP contribution in [0.4, 0.5) is 13.2 Å². The van der Waals surface area contributed by atoms with E-state index in [1.165, 1.54) is 0 Å². The second-order valence-electron chi connectivity index (χ2n) is 7.43. The smallest absolute Gasteiger partial charge is 0.490 e. The number of nitrogens with two attached hydrogens (primary N) is 1. The van der Waals surface area contributed by atoms with Crippen molar-refractivity contribution in [3.63, 3.8) is 0 Å². The summed E-state index contributed by atoms with van der Waals surface area (Å²) in [5, 5.41) is 9.18. The Morgan fingerprint density at radius 2 is 1.97 bits per heavy atom. The van der Waals surface area contributed by atoms with Crippen molar-refractivity contribution in [2.75, 3.05) is 20.3 Å². The molecule has 3 N–H and O–H groups in total. The molecule has 0 bridgehead atoms. The molecule has 2 atom stereocenters. The van der Waals surface area contributed by atoms with Crippen LogP contribution in [-0.4, -0.2) is 55.7 Å². The van der Waals surface area contributed by atoms with Gasteiger partial charge < -0.3 is 25.1 Å². The highest BCUT2D eigenvalue weighted by atomic mass is 19.4. The zero-order chi connectivity index (χ0) is 24.8. The van der Waals surface area contributed by atoms with E-state index in [-0.39, 0.29) is 6.10 Å². The second kappa shape index (κ2) is 11.2. The fourth-order valence-corrected chi connectivity index (χ4v) is 3.28. The van der Waals surface area contributed by atoms with Crippen LogP contribution in [0.25, 0.3) is 16.3 Å². The SMILES string of the molecule is C=C(c1cc(OC)c2c(C)cccc2c1)[C@H](N)C(=O)O[C@@H]1CCCOC1.O=C(O)C(F)(F)F. The fraction of sp³-hybridized carbons (Fsp3) is 0.391. The third-order valence-electron chi connectivity index (χ3n) is 5.01. The lowest BCUT2D eigenvalue weighted by Gasteiger charge is -2.24. The molecule has 10 heteroatoms. The summed E-state index contributed by atoms with van der Waals surface area (Å²) in [6.07, 6.45) is -3.63. The zero-order valence-corrected chi connectivity index (χ0v) is 18.3. The number of aryl methyl sites for hydroxylation is 1. The molecule has 0 radical (unpaired) electrons. The largest absolute Gasteiger partial charge is 0.496 e. The van der Waals surface area contributed by atoms with Gasteiger partial charge in [-0.3, -0.25) is 0 Å². The summed E-state index contributed by atoms with van der Waals surface area (Å²) in [7, 11) is 1.63. The van der Waals surface area contributed by atoms with E-state index in [4.69, 9.17) is 29.8 Å². The van der Waals surface area contributed by atoms with Gasteiger partial charge in [-0.15, -0.1) is 0 Å². The highest BCUT2D eigenvalue weighted by Crippen LogP contribution is 2.33. The standard InChI is InChI=1S/C21H25NO4.C2HF3O2/c1-13-6-4-7-15-10-16(11-18(24-3)19(13)15)14(2)20(22)21(23)26-17-8-5-9-25-12-17;3-2(4,5)1(6)7/h4,6-7,10-11,17,20H,2,5,8-9,12,22H2,1,3H3;(H,6,7)/t17-,20+;/m1./s1. The lowest BCUT2D eigenvalue weighted by Crippen LogP contribution is -2.38. The number of carbonyl (C=O) groups excluding carboxylic acids is 1. The minimum atomic E-state index is -5.08. The van der Waals surface area contributed by atoms with Gasteiger partial charge in [-0.2, -0.15) is 13.2 Å². The number of aliphatic carboxylic acids is 1. The van der Waals surface area contributed by atoms with E-state index in [1.807, 2.05) is 37.3 Å². The van der Waals surface area contributed by atoms with E-state index in [0.29, 0.717) is 18.8 Å². The maximum atomic E-state index is 12.4. The number of carboxylic acid groups (broad SMARTS) is 1. The Bertz CT molecular complexity index is 1020. The predicted molar refractivity (Wildman–Crippen MR) is 116 cm³/mol. The molecular weight excluding hydrogens is 443 g/mol. The number of hydrogen-bond donors (Lipinski definition) is 2. The van der Waals surface area contributed by atoms with Crippen molar-refractivity contribution in [1.82, 2.24) is 0 Å². The summed E-state index contributed by atoms with van der Waals surface area (Å²) in [5.41, 5.74) is 8.52. The fourth-order valence-electron chi connectivity index (χ4n) is 3.28. The van der Waals surface area contributed by atoms with Crippen LogP contribution in [-0.2, 0) is 19.1 Å². The Kier molecular flexibility index (Phi) is 8.84. The Hall–Kier alpha value is -3.11. The summed E-state index contributed by atoms with van der Waals surface area (Å²) in [6.45, 7) is 7.20. The molecule has 1 heterocycles. The van der Waals surface area contributed by atoms with Crippen molar-refractivity contribution in [2.45, 2.75) is 38.1 Å².